The van der Waals surface area contributed by atoms with Gasteiger partial charge < -0.3 is 14.2 Å². The van der Waals surface area contributed by atoms with Crippen LogP contribution in [0.3, 0.4) is 0 Å². The molecule has 2 heterocycles. The predicted octanol–water partition coefficient (Wildman–Crippen LogP) is 3.44. The molecular formula is C22H23N3O3. The summed E-state index contributed by atoms with van der Waals surface area (Å²) in [7, 11) is 1.34. The molecule has 6 heteroatoms. The summed E-state index contributed by atoms with van der Waals surface area (Å²) in [6, 6.07) is 14.9. The van der Waals surface area contributed by atoms with E-state index in [1.165, 1.54) is 7.11 Å². The van der Waals surface area contributed by atoms with E-state index in [2.05, 4.69) is 15.6 Å². The predicted molar refractivity (Wildman–Crippen MR) is 106 cm³/mol. The van der Waals surface area contributed by atoms with Gasteiger partial charge in [0.25, 0.3) is 5.91 Å². The van der Waals surface area contributed by atoms with Crippen LogP contribution in [0.15, 0.2) is 48.5 Å². The Hall–Kier alpha value is -3.15. The molecule has 0 bridgehead atoms. The number of hydrogen-bond donors (Lipinski definition) is 0. The number of carbonyl (C=O) groups is 2. The van der Waals surface area contributed by atoms with Gasteiger partial charge in [0.1, 0.15) is 5.82 Å². The summed E-state index contributed by atoms with van der Waals surface area (Å²) >= 11 is 0. The average Bonchev–Trinajstić information content (AvgIpc) is 3.31. The Morgan fingerprint density at radius 3 is 2.75 bits per heavy atom. The van der Waals surface area contributed by atoms with Crippen molar-refractivity contribution in [3.63, 3.8) is 0 Å². The Kier molecular flexibility index (Phi) is 4.86. The van der Waals surface area contributed by atoms with Gasteiger partial charge in [0.05, 0.1) is 29.7 Å². The third-order valence-electron chi connectivity index (χ3n) is 5.41. The number of nitrogens with zero attached hydrogens (tertiary/aromatic N) is 3. The largest absolute Gasteiger partial charge is 0.465 e. The number of hydrogen-bond acceptors (Lipinski definition) is 4. The van der Waals surface area contributed by atoms with Crippen LogP contribution >= 0.6 is 0 Å². The van der Waals surface area contributed by atoms with E-state index in [-0.39, 0.29) is 11.9 Å². The number of para-hydroxylation sites is 2. The molecule has 1 aliphatic rings. The quantitative estimate of drug-likeness (QED) is 0.654. The zero-order valence-corrected chi connectivity index (χ0v) is 16.1. The lowest BCUT2D eigenvalue weighted by atomic mass is 10.1. The van der Waals surface area contributed by atoms with Crippen LogP contribution in [-0.4, -0.2) is 46.0 Å². The first-order chi connectivity index (χ1) is 13.6. The standard InChI is InChI=1S/C22H23N3O3/c1-15-23-19-10-3-4-11-20(19)25(15)14-18-9-6-12-24(18)21(26)16-7-5-8-17(13-16)22(27)28-2/h3-5,7-8,10-11,13,18H,6,9,12,14H2,1-2H3. The molecule has 1 fully saturated rings. The Balaban J connectivity index is 1.59. The molecule has 0 aliphatic carbocycles. The molecule has 144 valence electrons. The second-order valence-corrected chi connectivity index (χ2v) is 7.13. The van der Waals surface area contributed by atoms with E-state index in [0.717, 1.165) is 42.8 Å². The molecule has 28 heavy (non-hydrogen) atoms. The number of aryl methyl sites for hydroxylation is 1. The van der Waals surface area contributed by atoms with E-state index in [4.69, 9.17) is 4.74 Å². The van der Waals surface area contributed by atoms with E-state index in [9.17, 15) is 9.59 Å². The van der Waals surface area contributed by atoms with Gasteiger partial charge in [0.2, 0.25) is 0 Å². The van der Waals surface area contributed by atoms with Crippen LogP contribution in [0.4, 0.5) is 0 Å². The first-order valence-electron chi connectivity index (χ1n) is 9.49. The highest BCUT2D eigenvalue weighted by molar-refractivity contribution is 5.98. The molecule has 4 rings (SSSR count). The molecule has 0 spiro atoms. The maximum Gasteiger partial charge on any atom is 0.337 e. The summed E-state index contributed by atoms with van der Waals surface area (Å²) in [5.74, 6) is 0.469. The molecule has 3 aromatic rings. The number of rotatable bonds is 4. The number of fused-ring (bicyclic) bond motifs is 1. The summed E-state index contributed by atoms with van der Waals surface area (Å²) in [5, 5.41) is 0. The number of imidazole rings is 1. The summed E-state index contributed by atoms with van der Waals surface area (Å²) < 4.78 is 6.96. The van der Waals surface area contributed by atoms with Crippen molar-refractivity contribution in [1.29, 1.82) is 0 Å². The maximum absolute atomic E-state index is 13.1. The van der Waals surface area contributed by atoms with Crippen LogP contribution in [-0.2, 0) is 11.3 Å². The Bertz CT molecular complexity index is 1040. The van der Waals surface area contributed by atoms with Crippen molar-refractivity contribution >= 4 is 22.9 Å². The molecule has 1 aliphatic heterocycles. The summed E-state index contributed by atoms with van der Waals surface area (Å²) in [5.41, 5.74) is 2.97. The van der Waals surface area contributed by atoms with Crippen molar-refractivity contribution in [2.24, 2.45) is 0 Å². The SMILES string of the molecule is COC(=O)c1cccc(C(=O)N2CCCC2Cn2c(C)nc3ccccc32)c1. The summed E-state index contributed by atoms with van der Waals surface area (Å²) in [4.78, 5) is 31.5. The Morgan fingerprint density at radius 1 is 1.14 bits per heavy atom. The third-order valence-corrected chi connectivity index (χ3v) is 5.41. The third kappa shape index (κ3) is 3.26. The molecule has 0 N–H and O–H groups in total. The van der Waals surface area contributed by atoms with Crippen molar-refractivity contribution < 1.29 is 14.3 Å². The van der Waals surface area contributed by atoms with Gasteiger partial charge in [-0.2, -0.15) is 0 Å². The highest BCUT2D eigenvalue weighted by Gasteiger charge is 2.30. The van der Waals surface area contributed by atoms with E-state index >= 15 is 0 Å². The maximum atomic E-state index is 13.1. The minimum atomic E-state index is -0.437. The van der Waals surface area contributed by atoms with Gasteiger partial charge in [-0.3, -0.25) is 4.79 Å². The fraction of sp³-hybridized carbons (Fsp3) is 0.318. The van der Waals surface area contributed by atoms with Crippen LogP contribution in [0.5, 0.6) is 0 Å². The van der Waals surface area contributed by atoms with Crippen LogP contribution in [0.1, 0.15) is 39.4 Å². The number of likely N-dealkylation sites (tertiary alicyclic amines) is 1. The van der Waals surface area contributed by atoms with Gasteiger partial charge in [-0.1, -0.05) is 18.2 Å². The average molecular weight is 377 g/mol. The lowest BCUT2D eigenvalue weighted by molar-refractivity contribution is 0.0600. The first kappa shape index (κ1) is 18.2. The first-order valence-corrected chi connectivity index (χ1v) is 9.49. The highest BCUT2D eigenvalue weighted by Crippen LogP contribution is 2.25. The van der Waals surface area contributed by atoms with Gasteiger partial charge in [-0.05, 0) is 50.1 Å². The minimum absolute atomic E-state index is 0.0460. The lowest BCUT2D eigenvalue weighted by Crippen LogP contribution is -2.38. The van der Waals surface area contributed by atoms with Crippen LogP contribution in [0.2, 0.25) is 0 Å². The summed E-state index contributed by atoms with van der Waals surface area (Å²) in [6.07, 6.45) is 1.92. The van der Waals surface area contributed by atoms with E-state index in [0.29, 0.717) is 11.1 Å². The molecule has 6 nitrogen and oxygen atoms in total. The number of methoxy groups -OCH3 is 1. The van der Waals surface area contributed by atoms with Gasteiger partial charge in [-0.15, -0.1) is 0 Å². The Labute approximate surface area is 163 Å². The fourth-order valence-corrected chi connectivity index (χ4v) is 3.99. The molecule has 1 aromatic heterocycles. The number of ether oxygens (including phenoxy) is 1. The Morgan fingerprint density at radius 2 is 1.93 bits per heavy atom. The lowest BCUT2D eigenvalue weighted by Gasteiger charge is -2.26. The molecule has 1 saturated heterocycles. The minimum Gasteiger partial charge on any atom is -0.465 e. The zero-order valence-electron chi connectivity index (χ0n) is 16.1. The van der Waals surface area contributed by atoms with Gasteiger partial charge in [0.15, 0.2) is 0 Å². The van der Waals surface area contributed by atoms with Gasteiger partial charge in [0, 0.05) is 18.7 Å². The number of aromatic nitrogens is 2. The molecule has 1 atom stereocenters. The van der Waals surface area contributed by atoms with Crippen molar-refractivity contribution in [3.8, 4) is 0 Å². The van der Waals surface area contributed by atoms with Crippen molar-refractivity contribution in [2.75, 3.05) is 13.7 Å². The molecular weight excluding hydrogens is 354 g/mol. The van der Waals surface area contributed by atoms with Gasteiger partial charge >= 0.3 is 5.97 Å². The van der Waals surface area contributed by atoms with Crippen molar-refractivity contribution in [1.82, 2.24) is 14.5 Å². The molecule has 0 saturated carbocycles. The molecule has 1 amide bonds. The van der Waals surface area contributed by atoms with E-state index < -0.39 is 5.97 Å². The molecule has 1 unspecified atom stereocenters. The number of carbonyl (C=O) groups excluding carboxylic acids is 2. The smallest absolute Gasteiger partial charge is 0.337 e. The fourth-order valence-electron chi connectivity index (χ4n) is 3.99. The zero-order chi connectivity index (χ0) is 19.7. The van der Waals surface area contributed by atoms with Crippen molar-refractivity contribution in [2.45, 2.75) is 32.4 Å². The second kappa shape index (κ2) is 7.46. The number of amides is 1. The monoisotopic (exact) mass is 377 g/mol. The highest BCUT2D eigenvalue weighted by atomic mass is 16.5. The van der Waals surface area contributed by atoms with Crippen LogP contribution < -0.4 is 0 Å². The van der Waals surface area contributed by atoms with E-state index in [1.807, 2.05) is 30.0 Å². The van der Waals surface area contributed by atoms with Crippen LogP contribution in [0.25, 0.3) is 11.0 Å². The van der Waals surface area contributed by atoms with Crippen molar-refractivity contribution in [3.05, 3.63) is 65.5 Å². The van der Waals surface area contributed by atoms with E-state index in [1.54, 1.807) is 24.3 Å². The van der Waals surface area contributed by atoms with Crippen LogP contribution in [0, 0.1) is 6.92 Å². The van der Waals surface area contributed by atoms with Gasteiger partial charge in [-0.25, -0.2) is 9.78 Å². The normalized spacial score (nSPS) is 16.5. The molecule has 2 aromatic carbocycles. The topological polar surface area (TPSA) is 64.4 Å². The second-order valence-electron chi connectivity index (χ2n) is 7.13. The number of benzene rings is 2. The molecule has 0 radical (unpaired) electrons. The number of esters is 1. The summed E-state index contributed by atoms with van der Waals surface area (Å²) in [6.45, 7) is 3.44.